The summed E-state index contributed by atoms with van der Waals surface area (Å²) < 4.78 is 30.1. The first-order valence-electron chi connectivity index (χ1n) is 7.17. The first-order chi connectivity index (χ1) is 11.4. The number of benzene rings is 1. The number of nitrogens with zero attached hydrogens (tertiary/aromatic N) is 3. The maximum absolute atomic E-state index is 12.5. The molecule has 0 saturated carbocycles. The molecule has 3 aromatic rings. The minimum absolute atomic E-state index is 0.00459. The van der Waals surface area contributed by atoms with Crippen molar-refractivity contribution in [1.82, 2.24) is 14.3 Å². The van der Waals surface area contributed by atoms with E-state index in [4.69, 9.17) is 0 Å². The lowest BCUT2D eigenvalue weighted by Crippen LogP contribution is -2.24. The maximum atomic E-state index is 12.5. The van der Waals surface area contributed by atoms with Crippen LogP contribution < -0.4 is 10.3 Å². The van der Waals surface area contributed by atoms with Gasteiger partial charge in [0.15, 0.2) is 0 Å². The van der Waals surface area contributed by atoms with Crippen molar-refractivity contribution in [2.24, 2.45) is 7.05 Å². The highest BCUT2D eigenvalue weighted by Crippen LogP contribution is 2.15. The molecular formula is C16H16N4O3S. The van der Waals surface area contributed by atoms with Gasteiger partial charge in [-0.3, -0.25) is 9.52 Å². The van der Waals surface area contributed by atoms with Crippen LogP contribution in [-0.2, 0) is 17.1 Å². The summed E-state index contributed by atoms with van der Waals surface area (Å²) in [6.45, 7) is 1.78. The highest BCUT2D eigenvalue weighted by Gasteiger charge is 2.19. The number of nitrogens with one attached hydrogen (secondary N) is 1. The molecular weight excluding hydrogens is 328 g/mol. The lowest BCUT2D eigenvalue weighted by molar-refractivity contribution is 0.601. The van der Waals surface area contributed by atoms with Crippen molar-refractivity contribution in [1.29, 1.82) is 0 Å². The number of anilines is 1. The quantitative estimate of drug-likeness (QED) is 0.780. The second kappa shape index (κ2) is 5.97. The van der Waals surface area contributed by atoms with E-state index in [-0.39, 0.29) is 10.6 Å². The standard InChI is InChI=1S/C16H16N4O3S/c1-12-8-15(16(21)19(2)10-12)18-24(22,23)14-9-17-20(11-14)13-6-4-3-5-7-13/h3-11,18H,1-2H3. The molecule has 124 valence electrons. The van der Waals surface area contributed by atoms with Gasteiger partial charge in [-0.2, -0.15) is 5.10 Å². The number of hydrogen-bond acceptors (Lipinski definition) is 4. The average Bonchev–Trinajstić information content (AvgIpc) is 3.04. The van der Waals surface area contributed by atoms with Gasteiger partial charge in [0.2, 0.25) is 0 Å². The third-order valence-corrected chi connectivity index (χ3v) is 4.77. The molecule has 0 spiro atoms. The number of aryl methyl sites for hydroxylation is 2. The molecule has 3 rings (SSSR count). The van der Waals surface area contributed by atoms with Crippen LogP contribution in [0.5, 0.6) is 0 Å². The van der Waals surface area contributed by atoms with E-state index in [2.05, 4.69) is 9.82 Å². The Balaban J connectivity index is 1.95. The molecule has 0 atom stereocenters. The molecule has 0 aliphatic carbocycles. The second-order valence-electron chi connectivity index (χ2n) is 5.41. The van der Waals surface area contributed by atoms with Crippen LogP contribution in [-0.4, -0.2) is 22.8 Å². The Morgan fingerprint density at radius 1 is 1.12 bits per heavy atom. The first-order valence-corrected chi connectivity index (χ1v) is 8.65. The van der Waals surface area contributed by atoms with Gasteiger partial charge in [0, 0.05) is 13.2 Å². The van der Waals surface area contributed by atoms with Gasteiger partial charge in [0.25, 0.3) is 15.6 Å². The number of aromatic nitrogens is 3. The first kappa shape index (κ1) is 16.0. The molecule has 2 aromatic heterocycles. The molecule has 1 N–H and O–H groups in total. The highest BCUT2D eigenvalue weighted by atomic mass is 32.2. The molecule has 1 aromatic carbocycles. The molecule has 24 heavy (non-hydrogen) atoms. The zero-order chi connectivity index (χ0) is 17.3. The van der Waals surface area contributed by atoms with Crippen LogP contribution in [0.25, 0.3) is 5.69 Å². The largest absolute Gasteiger partial charge is 0.317 e. The van der Waals surface area contributed by atoms with Crippen molar-refractivity contribution >= 4 is 15.7 Å². The summed E-state index contributed by atoms with van der Waals surface area (Å²) in [5.41, 5.74) is 1.10. The Bertz CT molecular complexity index is 1040. The number of rotatable bonds is 4. The number of pyridine rings is 1. The summed E-state index contributed by atoms with van der Waals surface area (Å²) >= 11 is 0. The SMILES string of the molecule is Cc1cc(NS(=O)(=O)c2cnn(-c3ccccc3)c2)c(=O)n(C)c1. The fraction of sp³-hybridized carbons (Fsp3) is 0.125. The molecule has 0 radical (unpaired) electrons. The van der Waals surface area contributed by atoms with Gasteiger partial charge in [-0.15, -0.1) is 0 Å². The predicted molar refractivity (Wildman–Crippen MR) is 90.8 cm³/mol. The smallest absolute Gasteiger partial charge is 0.274 e. The molecule has 0 amide bonds. The Morgan fingerprint density at radius 3 is 2.54 bits per heavy atom. The lowest BCUT2D eigenvalue weighted by atomic mass is 10.3. The molecule has 8 heteroatoms. The topological polar surface area (TPSA) is 86.0 Å². The van der Waals surface area contributed by atoms with E-state index in [1.165, 1.54) is 27.7 Å². The Morgan fingerprint density at radius 2 is 1.83 bits per heavy atom. The van der Waals surface area contributed by atoms with Crippen molar-refractivity contribution in [2.75, 3.05) is 4.72 Å². The zero-order valence-corrected chi connectivity index (χ0v) is 14.0. The van der Waals surface area contributed by atoms with Gasteiger partial charge in [0.05, 0.1) is 18.1 Å². The van der Waals surface area contributed by atoms with Crippen LogP contribution in [0.2, 0.25) is 0 Å². The van der Waals surface area contributed by atoms with E-state index in [9.17, 15) is 13.2 Å². The van der Waals surface area contributed by atoms with Crippen LogP contribution in [0.15, 0.2) is 64.7 Å². The lowest BCUT2D eigenvalue weighted by Gasteiger charge is -2.08. The third-order valence-electron chi connectivity index (χ3n) is 3.45. The van der Waals surface area contributed by atoms with E-state index in [1.54, 1.807) is 20.2 Å². The molecule has 0 aliphatic heterocycles. The minimum Gasteiger partial charge on any atom is -0.317 e. The van der Waals surface area contributed by atoms with Crippen LogP contribution in [0.4, 0.5) is 5.69 Å². The molecule has 0 bridgehead atoms. The van der Waals surface area contributed by atoms with E-state index in [0.29, 0.717) is 0 Å². The van der Waals surface area contributed by atoms with Crippen molar-refractivity contribution < 1.29 is 8.42 Å². The summed E-state index contributed by atoms with van der Waals surface area (Å²) in [4.78, 5) is 12.1. The fourth-order valence-corrected chi connectivity index (χ4v) is 3.30. The van der Waals surface area contributed by atoms with Gasteiger partial charge < -0.3 is 4.57 Å². The van der Waals surface area contributed by atoms with Crippen molar-refractivity contribution in [2.45, 2.75) is 11.8 Å². The van der Waals surface area contributed by atoms with E-state index < -0.39 is 15.6 Å². The van der Waals surface area contributed by atoms with Gasteiger partial charge in [-0.1, -0.05) is 18.2 Å². The maximum Gasteiger partial charge on any atom is 0.274 e. The summed E-state index contributed by atoms with van der Waals surface area (Å²) in [7, 11) is -2.33. The van der Waals surface area contributed by atoms with Crippen LogP contribution in [0.1, 0.15) is 5.56 Å². The van der Waals surface area contributed by atoms with E-state index in [1.807, 2.05) is 30.3 Å². The normalized spacial score (nSPS) is 11.4. The van der Waals surface area contributed by atoms with E-state index in [0.717, 1.165) is 11.3 Å². The number of para-hydroxylation sites is 1. The van der Waals surface area contributed by atoms with Crippen molar-refractivity contribution in [3.8, 4) is 5.69 Å². The molecule has 2 heterocycles. The van der Waals surface area contributed by atoms with Crippen LogP contribution in [0.3, 0.4) is 0 Å². The second-order valence-corrected chi connectivity index (χ2v) is 7.09. The molecule has 7 nitrogen and oxygen atoms in total. The summed E-state index contributed by atoms with van der Waals surface area (Å²) in [6.07, 6.45) is 4.28. The molecule has 0 unspecified atom stereocenters. The van der Waals surface area contributed by atoms with E-state index >= 15 is 0 Å². The van der Waals surface area contributed by atoms with Gasteiger partial charge in [0.1, 0.15) is 10.6 Å². The Kier molecular flexibility index (Phi) is 3.98. The molecule has 0 aliphatic rings. The summed E-state index contributed by atoms with van der Waals surface area (Å²) in [6, 6.07) is 10.7. The van der Waals surface area contributed by atoms with Crippen LogP contribution in [0, 0.1) is 6.92 Å². The zero-order valence-electron chi connectivity index (χ0n) is 13.2. The van der Waals surface area contributed by atoms with Gasteiger partial charge in [-0.05, 0) is 30.7 Å². The Labute approximate surface area is 139 Å². The fourth-order valence-electron chi connectivity index (χ4n) is 2.32. The summed E-state index contributed by atoms with van der Waals surface area (Å²) in [5.74, 6) is 0. The minimum atomic E-state index is -3.90. The van der Waals surface area contributed by atoms with Crippen LogP contribution >= 0.6 is 0 Å². The average molecular weight is 344 g/mol. The highest BCUT2D eigenvalue weighted by molar-refractivity contribution is 7.92. The molecule has 0 fully saturated rings. The molecule has 0 saturated heterocycles. The van der Waals surface area contributed by atoms with Crippen molar-refractivity contribution in [3.05, 3.63) is 70.9 Å². The Hall–Kier alpha value is -2.87. The van der Waals surface area contributed by atoms with Gasteiger partial charge >= 0.3 is 0 Å². The predicted octanol–water partition coefficient (Wildman–Crippen LogP) is 1.68. The summed E-state index contributed by atoms with van der Waals surface area (Å²) in [5, 5.41) is 4.07. The van der Waals surface area contributed by atoms with Crippen molar-refractivity contribution in [3.63, 3.8) is 0 Å². The van der Waals surface area contributed by atoms with Gasteiger partial charge in [-0.25, -0.2) is 13.1 Å². The third kappa shape index (κ3) is 3.09. The number of hydrogen-bond donors (Lipinski definition) is 1. The monoisotopic (exact) mass is 344 g/mol. The number of sulfonamides is 1.